The van der Waals surface area contributed by atoms with E-state index >= 15 is 0 Å². The van der Waals surface area contributed by atoms with Crippen LogP contribution in [0.1, 0.15) is 29.0 Å². The summed E-state index contributed by atoms with van der Waals surface area (Å²) >= 11 is 0. The summed E-state index contributed by atoms with van der Waals surface area (Å²) in [6.07, 6.45) is 2.35. The lowest BCUT2D eigenvalue weighted by molar-refractivity contribution is -0.0435. The molecule has 0 spiro atoms. The Morgan fingerprint density at radius 3 is 2.39 bits per heavy atom. The van der Waals surface area contributed by atoms with Crippen molar-refractivity contribution in [3.05, 3.63) is 47.9 Å². The topological polar surface area (TPSA) is 79.6 Å². The fourth-order valence-corrected chi connectivity index (χ4v) is 4.17. The number of para-hydroxylation sites is 1. The Labute approximate surface area is 160 Å². The monoisotopic (exact) mass is 416 g/mol. The Morgan fingerprint density at radius 2 is 1.82 bits per heavy atom. The Kier molecular flexibility index (Phi) is 5.42. The number of nitrogens with zero attached hydrogens (tertiary/aromatic N) is 1. The highest BCUT2D eigenvalue weighted by Gasteiger charge is 2.48. The van der Waals surface area contributed by atoms with E-state index < -0.39 is 20.2 Å². The molecule has 3 rings (SSSR count). The molecule has 1 aromatic heterocycles. The maximum Gasteiger partial charge on any atom is 0.501 e. The summed E-state index contributed by atoms with van der Waals surface area (Å²) < 4.78 is 67.8. The molecule has 1 aromatic carbocycles. The second kappa shape index (κ2) is 7.50. The lowest BCUT2D eigenvalue weighted by Gasteiger charge is -2.34. The van der Waals surface area contributed by atoms with Gasteiger partial charge in [-0.15, -0.1) is 0 Å². The lowest BCUT2D eigenvalue weighted by atomic mass is 10.0. The minimum absolute atomic E-state index is 0.0199. The number of furan rings is 1. The first kappa shape index (κ1) is 20.2. The third-order valence-electron chi connectivity index (χ3n) is 4.70. The van der Waals surface area contributed by atoms with Crippen LogP contribution in [-0.2, 0) is 9.84 Å². The van der Waals surface area contributed by atoms with E-state index in [4.69, 9.17) is 4.42 Å². The maximum absolute atomic E-state index is 13.0. The van der Waals surface area contributed by atoms with Crippen LogP contribution in [0.2, 0.25) is 0 Å². The molecule has 0 aliphatic carbocycles. The summed E-state index contributed by atoms with van der Waals surface area (Å²) in [5, 5.41) is 2.85. The largest absolute Gasteiger partial charge is 0.501 e. The summed E-state index contributed by atoms with van der Waals surface area (Å²) in [5.74, 6) is -0.120. The van der Waals surface area contributed by atoms with Gasteiger partial charge in [0, 0.05) is 24.7 Å². The van der Waals surface area contributed by atoms with E-state index in [1.54, 1.807) is 17.9 Å². The van der Waals surface area contributed by atoms with Gasteiger partial charge >= 0.3 is 5.51 Å². The number of hydrogen-bond donors (Lipinski definition) is 1. The van der Waals surface area contributed by atoms with Gasteiger partial charge < -0.3 is 14.6 Å². The maximum atomic E-state index is 13.0. The highest BCUT2D eigenvalue weighted by molar-refractivity contribution is 7.92. The second-order valence-corrected chi connectivity index (χ2v) is 8.49. The van der Waals surface area contributed by atoms with Gasteiger partial charge in [0.25, 0.3) is 15.7 Å². The predicted octanol–water partition coefficient (Wildman–Crippen LogP) is 3.28. The van der Waals surface area contributed by atoms with Gasteiger partial charge in [-0.05, 0) is 38.0 Å². The van der Waals surface area contributed by atoms with Crippen molar-refractivity contribution < 1.29 is 30.8 Å². The highest BCUT2D eigenvalue weighted by atomic mass is 32.2. The van der Waals surface area contributed by atoms with Crippen molar-refractivity contribution in [2.45, 2.75) is 36.2 Å². The fourth-order valence-electron chi connectivity index (χ4n) is 3.19. The fraction of sp³-hybridized carbons (Fsp3) is 0.389. The third kappa shape index (κ3) is 3.87. The van der Waals surface area contributed by atoms with Gasteiger partial charge in [-0.3, -0.25) is 4.79 Å². The molecule has 28 heavy (non-hydrogen) atoms. The van der Waals surface area contributed by atoms with Gasteiger partial charge in [-0.2, -0.15) is 13.2 Å². The van der Waals surface area contributed by atoms with Crippen molar-refractivity contribution in [3.63, 3.8) is 0 Å². The molecule has 1 N–H and O–H groups in total. The molecular formula is C18H19F3N2O4S. The molecule has 6 nitrogen and oxygen atoms in total. The van der Waals surface area contributed by atoms with Crippen molar-refractivity contribution in [1.29, 1.82) is 0 Å². The number of benzene rings is 1. The zero-order chi connectivity index (χ0) is 20.5. The molecule has 1 aliphatic rings. The van der Waals surface area contributed by atoms with Crippen LogP contribution in [0.5, 0.6) is 0 Å². The molecule has 2 aromatic rings. The first-order chi connectivity index (χ1) is 13.1. The molecule has 152 valence electrons. The number of halogens is 3. The Morgan fingerprint density at radius 1 is 1.18 bits per heavy atom. The SMILES string of the molecule is Cc1ccoc1C(=O)NC1CCN(c2ccccc2S(=O)(=O)C(F)(F)F)CC1. The van der Waals surface area contributed by atoms with Crippen LogP contribution in [0, 0.1) is 6.92 Å². The number of anilines is 1. The highest BCUT2D eigenvalue weighted by Crippen LogP contribution is 2.36. The van der Waals surface area contributed by atoms with Gasteiger partial charge in [0.2, 0.25) is 0 Å². The van der Waals surface area contributed by atoms with Crippen LogP contribution in [0.15, 0.2) is 45.9 Å². The van der Waals surface area contributed by atoms with E-state index in [2.05, 4.69) is 5.32 Å². The van der Waals surface area contributed by atoms with E-state index in [1.165, 1.54) is 24.5 Å². The van der Waals surface area contributed by atoms with E-state index in [9.17, 15) is 26.4 Å². The zero-order valence-corrected chi connectivity index (χ0v) is 15.8. The Bertz CT molecular complexity index is 961. The first-order valence-corrected chi connectivity index (χ1v) is 10.1. The smallest absolute Gasteiger partial charge is 0.459 e. The van der Waals surface area contributed by atoms with Gasteiger partial charge in [0.05, 0.1) is 16.8 Å². The Balaban J connectivity index is 1.71. The zero-order valence-electron chi connectivity index (χ0n) is 15.0. The lowest BCUT2D eigenvalue weighted by Crippen LogP contribution is -2.45. The number of sulfone groups is 1. The summed E-state index contributed by atoms with van der Waals surface area (Å²) in [6.45, 7) is 2.37. The number of carbonyl (C=O) groups excluding carboxylic acids is 1. The molecule has 2 heterocycles. The number of aryl methyl sites for hydroxylation is 1. The molecule has 1 amide bonds. The minimum atomic E-state index is -5.45. The minimum Gasteiger partial charge on any atom is -0.459 e. The van der Waals surface area contributed by atoms with Gasteiger partial charge in [-0.25, -0.2) is 8.42 Å². The van der Waals surface area contributed by atoms with Crippen LogP contribution >= 0.6 is 0 Å². The standard InChI is InChI=1S/C18H19F3N2O4S/c1-12-8-11-27-16(12)17(24)22-13-6-9-23(10-7-13)14-4-2-3-5-15(14)28(25,26)18(19,20)21/h2-5,8,11,13H,6-7,9-10H2,1H3,(H,22,24). The number of rotatable bonds is 4. The van der Waals surface area contributed by atoms with Crippen LogP contribution in [0.3, 0.4) is 0 Å². The van der Waals surface area contributed by atoms with Crippen molar-refractivity contribution in [1.82, 2.24) is 5.32 Å². The number of piperidine rings is 1. The van der Waals surface area contributed by atoms with Crippen LogP contribution in [0.25, 0.3) is 0 Å². The molecule has 10 heteroatoms. The summed E-state index contributed by atoms with van der Waals surface area (Å²) in [4.78, 5) is 13.1. The molecule has 0 saturated carbocycles. The third-order valence-corrected chi connectivity index (χ3v) is 6.23. The van der Waals surface area contributed by atoms with Crippen LogP contribution in [0.4, 0.5) is 18.9 Å². The summed E-state index contributed by atoms with van der Waals surface area (Å²) in [6, 6.07) is 6.59. The van der Waals surface area contributed by atoms with Crippen molar-refractivity contribution >= 4 is 21.4 Å². The van der Waals surface area contributed by atoms with Crippen LogP contribution in [-0.4, -0.2) is 39.0 Å². The normalized spacial score (nSPS) is 16.2. The van der Waals surface area contributed by atoms with Gasteiger partial charge in [0.15, 0.2) is 5.76 Å². The molecule has 1 aliphatic heterocycles. The number of amides is 1. The molecular weight excluding hydrogens is 397 g/mol. The molecule has 1 saturated heterocycles. The van der Waals surface area contributed by atoms with E-state index in [0.29, 0.717) is 31.5 Å². The van der Waals surface area contributed by atoms with Crippen molar-refractivity contribution in [3.8, 4) is 0 Å². The predicted molar refractivity (Wildman–Crippen MR) is 95.8 cm³/mol. The average molecular weight is 416 g/mol. The quantitative estimate of drug-likeness (QED) is 0.828. The van der Waals surface area contributed by atoms with Crippen molar-refractivity contribution in [2.75, 3.05) is 18.0 Å². The van der Waals surface area contributed by atoms with Crippen molar-refractivity contribution in [2.24, 2.45) is 0 Å². The number of hydrogen-bond acceptors (Lipinski definition) is 5. The van der Waals surface area contributed by atoms with Gasteiger partial charge in [0.1, 0.15) is 0 Å². The van der Waals surface area contributed by atoms with Crippen LogP contribution < -0.4 is 10.2 Å². The molecule has 0 atom stereocenters. The number of alkyl halides is 3. The van der Waals surface area contributed by atoms with Gasteiger partial charge in [-0.1, -0.05) is 12.1 Å². The molecule has 0 unspecified atom stereocenters. The number of nitrogens with one attached hydrogen (secondary N) is 1. The molecule has 0 radical (unpaired) electrons. The van der Waals surface area contributed by atoms with E-state index in [0.717, 1.165) is 6.07 Å². The Hall–Kier alpha value is -2.49. The molecule has 0 bridgehead atoms. The molecule has 1 fully saturated rings. The number of carbonyl (C=O) groups is 1. The van der Waals surface area contributed by atoms with E-state index in [1.807, 2.05) is 0 Å². The average Bonchev–Trinajstić information content (AvgIpc) is 3.07. The first-order valence-electron chi connectivity index (χ1n) is 8.61. The summed E-state index contributed by atoms with van der Waals surface area (Å²) in [5.41, 5.74) is -4.64. The second-order valence-electron chi connectivity index (χ2n) is 6.58. The summed E-state index contributed by atoms with van der Waals surface area (Å²) in [7, 11) is -5.45. The van der Waals surface area contributed by atoms with E-state index in [-0.39, 0.29) is 23.4 Å².